The molecule has 9 heteroatoms. The molecule has 184 valence electrons. The predicted octanol–water partition coefficient (Wildman–Crippen LogP) is 4.15. The molecular formula is C27H29N7O2. The Balaban J connectivity index is 1.40. The number of β-amino-alcohol motifs (C(OH)–C–C–N with tert-alkyl or cyclic N) is 1. The van der Waals surface area contributed by atoms with E-state index < -0.39 is 0 Å². The van der Waals surface area contributed by atoms with Crippen LogP contribution in [0.1, 0.15) is 33.6 Å². The SMILES string of the molecule is Cc1cccc(C(=O)Nc2ccc(C)c(Nc3cc(C)nn3-c3cc(N4CCC(O)C4)ncn3)c2)c1. The number of carbonyl (C=O) groups excluding carboxylic acids is 1. The lowest BCUT2D eigenvalue weighted by Crippen LogP contribution is -2.22. The maximum atomic E-state index is 12.7. The van der Waals surface area contributed by atoms with E-state index in [9.17, 15) is 9.90 Å². The van der Waals surface area contributed by atoms with Gasteiger partial charge in [0.15, 0.2) is 5.82 Å². The molecule has 2 aromatic heterocycles. The maximum Gasteiger partial charge on any atom is 0.255 e. The smallest absolute Gasteiger partial charge is 0.255 e. The number of benzene rings is 2. The minimum atomic E-state index is -0.339. The van der Waals surface area contributed by atoms with Crippen LogP contribution < -0.4 is 15.5 Å². The van der Waals surface area contributed by atoms with Crippen LogP contribution in [0.25, 0.3) is 5.82 Å². The number of hydrogen-bond acceptors (Lipinski definition) is 7. The van der Waals surface area contributed by atoms with Crippen LogP contribution in [0.5, 0.6) is 0 Å². The van der Waals surface area contributed by atoms with Crippen molar-refractivity contribution in [1.82, 2.24) is 19.7 Å². The van der Waals surface area contributed by atoms with Gasteiger partial charge in [0.2, 0.25) is 0 Å². The van der Waals surface area contributed by atoms with Crippen LogP contribution in [0.2, 0.25) is 0 Å². The number of amides is 1. The van der Waals surface area contributed by atoms with Crippen LogP contribution in [0, 0.1) is 20.8 Å². The molecule has 9 nitrogen and oxygen atoms in total. The molecule has 1 atom stereocenters. The molecule has 2 aromatic carbocycles. The second-order valence-electron chi connectivity index (χ2n) is 9.18. The van der Waals surface area contributed by atoms with Crippen LogP contribution in [-0.4, -0.2) is 50.0 Å². The standard InChI is InChI=1S/C27H29N7O2/c1-17-5-4-6-20(11-17)27(36)30-21-8-7-18(2)23(13-21)31-26-12-19(3)32-34(26)25-14-24(28-16-29-25)33-10-9-22(35)15-33/h4-8,11-14,16,22,31,35H,9-10,15H2,1-3H3,(H,30,36). The number of aromatic nitrogens is 4. The van der Waals surface area contributed by atoms with Gasteiger partial charge in [0.05, 0.1) is 11.8 Å². The number of anilines is 4. The third kappa shape index (κ3) is 5.06. The summed E-state index contributed by atoms with van der Waals surface area (Å²) in [5.74, 6) is 1.96. The van der Waals surface area contributed by atoms with Crippen molar-refractivity contribution in [2.24, 2.45) is 0 Å². The van der Waals surface area contributed by atoms with Crippen molar-refractivity contribution >= 4 is 28.9 Å². The topological polar surface area (TPSA) is 108 Å². The summed E-state index contributed by atoms with van der Waals surface area (Å²) in [4.78, 5) is 23.6. The highest BCUT2D eigenvalue weighted by atomic mass is 16.3. The fourth-order valence-electron chi connectivity index (χ4n) is 4.30. The van der Waals surface area contributed by atoms with Crippen molar-refractivity contribution < 1.29 is 9.90 Å². The van der Waals surface area contributed by atoms with E-state index in [1.165, 1.54) is 6.33 Å². The molecule has 3 N–H and O–H groups in total. The van der Waals surface area contributed by atoms with E-state index >= 15 is 0 Å². The molecule has 1 aliphatic heterocycles. The van der Waals surface area contributed by atoms with E-state index in [1.807, 2.05) is 74.2 Å². The number of rotatable bonds is 6. The normalized spacial score (nSPS) is 15.2. The lowest BCUT2D eigenvalue weighted by molar-refractivity contribution is 0.102. The fourth-order valence-corrected chi connectivity index (χ4v) is 4.30. The minimum absolute atomic E-state index is 0.157. The lowest BCUT2D eigenvalue weighted by Gasteiger charge is -2.17. The first-order valence-electron chi connectivity index (χ1n) is 11.9. The van der Waals surface area contributed by atoms with E-state index in [1.54, 1.807) is 10.7 Å². The van der Waals surface area contributed by atoms with Gasteiger partial charge < -0.3 is 20.6 Å². The third-order valence-electron chi connectivity index (χ3n) is 6.21. The average molecular weight is 484 g/mol. The Morgan fingerprint density at radius 3 is 2.64 bits per heavy atom. The molecule has 0 aliphatic carbocycles. The van der Waals surface area contributed by atoms with Gasteiger partial charge in [-0.15, -0.1) is 0 Å². The number of aryl methyl sites for hydroxylation is 3. The molecule has 1 amide bonds. The van der Waals surface area contributed by atoms with Gasteiger partial charge in [-0.25, -0.2) is 9.97 Å². The highest BCUT2D eigenvalue weighted by Gasteiger charge is 2.22. The van der Waals surface area contributed by atoms with E-state index in [-0.39, 0.29) is 12.0 Å². The molecule has 0 radical (unpaired) electrons. The zero-order chi connectivity index (χ0) is 25.2. The van der Waals surface area contributed by atoms with Gasteiger partial charge >= 0.3 is 0 Å². The summed E-state index contributed by atoms with van der Waals surface area (Å²) in [6.45, 7) is 7.20. The monoisotopic (exact) mass is 483 g/mol. The van der Waals surface area contributed by atoms with Crippen LogP contribution in [0.3, 0.4) is 0 Å². The summed E-state index contributed by atoms with van der Waals surface area (Å²) in [5, 5.41) is 21.0. The Bertz CT molecular complexity index is 1420. The summed E-state index contributed by atoms with van der Waals surface area (Å²) in [6, 6.07) is 17.1. The number of nitrogens with zero attached hydrogens (tertiary/aromatic N) is 5. The summed E-state index contributed by atoms with van der Waals surface area (Å²) >= 11 is 0. The molecule has 4 aromatic rings. The molecule has 0 saturated carbocycles. The third-order valence-corrected chi connectivity index (χ3v) is 6.21. The minimum Gasteiger partial charge on any atom is -0.391 e. The number of aliphatic hydroxyl groups is 1. The maximum absolute atomic E-state index is 12.7. The largest absolute Gasteiger partial charge is 0.391 e. The van der Waals surface area contributed by atoms with Crippen molar-refractivity contribution in [2.75, 3.05) is 28.6 Å². The quantitative estimate of drug-likeness (QED) is 0.378. The highest BCUT2D eigenvalue weighted by Crippen LogP contribution is 2.27. The van der Waals surface area contributed by atoms with E-state index in [4.69, 9.17) is 0 Å². The molecule has 1 aliphatic rings. The number of nitrogens with one attached hydrogen (secondary N) is 2. The van der Waals surface area contributed by atoms with Crippen LogP contribution in [-0.2, 0) is 0 Å². The summed E-state index contributed by atoms with van der Waals surface area (Å²) < 4.78 is 1.74. The summed E-state index contributed by atoms with van der Waals surface area (Å²) in [5.41, 5.74) is 5.03. The number of hydrogen-bond donors (Lipinski definition) is 3. The predicted molar refractivity (Wildman–Crippen MR) is 140 cm³/mol. The molecule has 3 heterocycles. The van der Waals surface area contributed by atoms with E-state index in [0.717, 1.165) is 47.1 Å². The molecule has 1 saturated heterocycles. The average Bonchev–Trinajstić information content (AvgIpc) is 3.46. The molecular weight excluding hydrogens is 454 g/mol. The number of carbonyl (C=O) groups is 1. The Morgan fingerprint density at radius 2 is 1.86 bits per heavy atom. The van der Waals surface area contributed by atoms with Crippen molar-refractivity contribution in [3.63, 3.8) is 0 Å². The summed E-state index contributed by atoms with van der Waals surface area (Å²) in [6.07, 6.45) is 1.90. The van der Waals surface area contributed by atoms with Gasteiger partial charge in [-0.2, -0.15) is 9.78 Å². The second kappa shape index (κ2) is 9.79. The van der Waals surface area contributed by atoms with Gasteiger partial charge in [0, 0.05) is 42.2 Å². The van der Waals surface area contributed by atoms with Crippen LogP contribution in [0.15, 0.2) is 60.9 Å². The molecule has 1 fully saturated rings. The zero-order valence-electron chi connectivity index (χ0n) is 20.6. The Kier molecular flexibility index (Phi) is 6.39. The van der Waals surface area contributed by atoms with Gasteiger partial charge in [0.25, 0.3) is 5.91 Å². The van der Waals surface area contributed by atoms with Crippen molar-refractivity contribution in [3.05, 3.63) is 83.3 Å². The molecule has 0 bridgehead atoms. The Hall–Kier alpha value is -4.24. The first-order valence-corrected chi connectivity index (χ1v) is 11.9. The van der Waals surface area contributed by atoms with Crippen molar-refractivity contribution in [2.45, 2.75) is 33.3 Å². The Labute approximate surface area is 209 Å². The van der Waals surface area contributed by atoms with Crippen LogP contribution >= 0.6 is 0 Å². The first kappa shape index (κ1) is 23.5. The van der Waals surface area contributed by atoms with Gasteiger partial charge in [-0.05, 0) is 57.0 Å². The number of aliphatic hydroxyl groups excluding tert-OH is 1. The zero-order valence-corrected chi connectivity index (χ0v) is 20.6. The molecule has 5 rings (SSSR count). The van der Waals surface area contributed by atoms with E-state index in [0.29, 0.717) is 23.6 Å². The molecule has 36 heavy (non-hydrogen) atoms. The Morgan fingerprint density at radius 1 is 1.03 bits per heavy atom. The second-order valence-corrected chi connectivity index (χ2v) is 9.18. The fraction of sp³-hybridized carbons (Fsp3) is 0.259. The molecule has 1 unspecified atom stereocenters. The van der Waals surface area contributed by atoms with Gasteiger partial charge in [-0.3, -0.25) is 4.79 Å². The summed E-state index contributed by atoms with van der Waals surface area (Å²) in [7, 11) is 0. The molecule has 0 spiro atoms. The highest BCUT2D eigenvalue weighted by molar-refractivity contribution is 6.04. The van der Waals surface area contributed by atoms with Crippen molar-refractivity contribution in [1.29, 1.82) is 0 Å². The van der Waals surface area contributed by atoms with Crippen LogP contribution in [0.4, 0.5) is 23.0 Å². The lowest BCUT2D eigenvalue weighted by atomic mass is 10.1. The van der Waals surface area contributed by atoms with E-state index in [2.05, 4.69) is 25.7 Å². The van der Waals surface area contributed by atoms with Crippen molar-refractivity contribution in [3.8, 4) is 5.82 Å². The van der Waals surface area contributed by atoms with Gasteiger partial charge in [-0.1, -0.05) is 23.8 Å². The first-order chi connectivity index (χ1) is 17.4. The van der Waals surface area contributed by atoms with Gasteiger partial charge in [0.1, 0.15) is 18.0 Å².